The monoisotopic (exact) mass is 259 g/mol. The van der Waals surface area contributed by atoms with Gasteiger partial charge in [-0.2, -0.15) is 0 Å². The predicted octanol–water partition coefficient (Wildman–Crippen LogP) is 3.08. The number of rotatable bonds is 4. The second-order valence-electron chi connectivity index (χ2n) is 5.69. The molecular weight excluding hydrogens is 234 g/mol. The minimum atomic E-state index is 0.470. The van der Waals surface area contributed by atoms with Crippen LogP contribution in [0.4, 0.5) is 5.82 Å². The molecule has 1 N–H and O–H groups in total. The van der Waals surface area contributed by atoms with Crippen LogP contribution in [0.15, 0.2) is 23.8 Å². The summed E-state index contributed by atoms with van der Waals surface area (Å²) in [5.74, 6) is 1.60. The van der Waals surface area contributed by atoms with Gasteiger partial charge in [-0.1, -0.05) is 25.5 Å². The molecule has 1 aliphatic rings. The molecule has 0 atom stereocenters. The van der Waals surface area contributed by atoms with Gasteiger partial charge in [0.15, 0.2) is 0 Å². The standard InChI is InChI=1S/C16H25N3/c1-12(2)15-9-14(11-17-4)10-16(18-15)19-7-5-13(3)6-8-19/h5,9-10,12,17H,6-8,11H2,1-4H3. The molecule has 0 saturated heterocycles. The van der Waals surface area contributed by atoms with Crippen molar-refractivity contribution < 1.29 is 0 Å². The van der Waals surface area contributed by atoms with Crippen LogP contribution in [0.25, 0.3) is 0 Å². The zero-order valence-corrected chi connectivity index (χ0v) is 12.5. The average molecular weight is 259 g/mol. The number of hydrogen-bond acceptors (Lipinski definition) is 3. The summed E-state index contributed by atoms with van der Waals surface area (Å²) in [5.41, 5.74) is 4.00. The van der Waals surface area contributed by atoms with Gasteiger partial charge in [0.25, 0.3) is 0 Å². The molecule has 0 radical (unpaired) electrons. The molecule has 104 valence electrons. The molecule has 19 heavy (non-hydrogen) atoms. The quantitative estimate of drug-likeness (QED) is 0.842. The van der Waals surface area contributed by atoms with E-state index >= 15 is 0 Å². The Bertz CT molecular complexity index is 463. The fraction of sp³-hybridized carbons (Fsp3) is 0.562. The van der Waals surface area contributed by atoms with Crippen molar-refractivity contribution >= 4 is 5.82 Å². The lowest BCUT2D eigenvalue weighted by molar-refractivity contribution is 0.747. The molecule has 3 nitrogen and oxygen atoms in total. The van der Waals surface area contributed by atoms with E-state index in [2.05, 4.69) is 49.2 Å². The summed E-state index contributed by atoms with van der Waals surface area (Å²) in [5, 5.41) is 3.23. The van der Waals surface area contributed by atoms with Crippen molar-refractivity contribution in [2.75, 3.05) is 25.0 Å². The SMILES string of the molecule is CNCc1cc(C(C)C)nc(N2CC=C(C)CC2)c1. The Morgan fingerprint density at radius 2 is 2.16 bits per heavy atom. The van der Waals surface area contributed by atoms with Crippen LogP contribution in [0.5, 0.6) is 0 Å². The van der Waals surface area contributed by atoms with Gasteiger partial charge in [-0.25, -0.2) is 4.98 Å². The van der Waals surface area contributed by atoms with Crippen LogP contribution < -0.4 is 10.2 Å². The molecular formula is C16H25N3. The fourth-order valence-corrected chi connectivity index (χ4v) is 2.34. The fourth-order valence-electron chi connectivity index (χ4n) is 2.34. The van der Waals surface area contributed by atoms with Gasteiger partial charge in [0.05, 0.1) is 0 Å². The summed E-state index contributed by atoms with van der Waals surface area (Å²) in [6.45, 7) is 9.58. The van der Waals surface area contributed by atoms with Crippen molar-refractivity contribution in [1.29, 1.82) is 0 Å². The maximum Gasteiger partial charge on any atom is 0.129 e. The molecule has 2 rings (SSSR count). The summed E-state index contributed by atoms with van der Waals surface area (Å²) in [6.07, 6.45) is 3.46. The van der Waals surface area contributed by atoms with Crippen molar-refractivity contribution in [2.24, 2.45) is 0 Å². The number of pyridine rings is 1. The minimum Gasteiger partial charge on any atom is -0.353 e. The van der Waals surface area contributed by atoms with Gasteiger partial charge in [-0.15, -0.1) is 0 Å². The van der Waals surface area contributed by atoms with E-state index in [0.717, 1.165) is 31.9 Å². The second kappa shape index (κ2) is 6.20. The minimum absolute atomic E-state index is 0.470. The molecule has 0 amide bonds. The molecule has 0 aliphatic carbocycles. The highest BCUT2D eigenvalue weighted by atomic mass is 15.2. The maximum atomic E-state index is 4.83. The zero-order chi connectivity index (χ0) is 13.8. The number of anilines is 1. The van der Waals surface area contributed by atoms with E-state index in [1.807, 2.05) is 7.05 Å². The first-order chi connectivity index (χ1) is 9.10. The third-order valence-corrected chi connectivity index (χ3v) is 3.62. The summed E-state index contributed by atoms with van der Waals surface area (Å²) in [6, 6.07) is 4.44. The van der Waals surface area contributed by atoms with Crippen molar-refractivity contribution in [3.63, 3.8) is 0 Å². The Hall–Kier alpha value is -1.35. The third kappa shape index (κ3) is 3.57. The molecule has 2 heterocycles. The first-order valence-electron chi connectivity index (χ1n) is 7.16. The molecule has 0 unspecified atom stereocenters. The smallest absolute Gasteiger partial charge is 0.129 e. The van der Waals surface area contributed by atoms with E-state index in [1.165, 1.54) is 16.8 Å². The Morgan fingerprint density at radius 3 is 2.74 bits per heavy atom. The number of hydrogen-bond donors (Lipinski definition) is 1. The number of aromatic nitrogens is 1. The largest absolute Gasteiger partial charge is 0.353 e. The molecule has 3 heteroatoms. The average Bonchev–Trinajstić information content (AvgIpc) is 2.39. The highest BCUT2D eigenvalue weighted by Gasteiger charge is 2.14. The Kier molecular flexibility index (Phi) is 4.59. The lowest BCUT2D eigenvalue weighted by atomic mass is 10.1. The van der Waals surface area contributed by atoms with Crippen LogP contribution >= 0.6 is 0 Å². The van der Waals surface area contributed by atoms with E-state index in [1.54, 1.807) is 0 Å². The Labute approximate surface area is 116 Å². The van der Waals surface area contributed by atoms with Gasteiger partial charge >= 0.3 is 0 Å². The van der Waals surface area contributed by atoms with Crippen LogP contribution in [0, 0.1) is 0 Å². The van der Waals surface area contributed by atoms with Crippen molar-refractivity contribution in [1.82, 2.24) is 10.3 Å². The molecule has 0 aromatic carbocycles. The second-order valence-corrected chi connectivity index (χ2v) is 5.69. The predicted molar refractivity (Wildman–Crippen MR) is 81.7 cm³/mol. The van der Waals surface area contributed by atoms with Crippen LogP contribution in [0.2, 0.25) is 0 Å². The summed E-state index contributed by atoms with van der Waals surface area (Å²) in [4.78, 5) is 7.21. The normalized spacial score (nSPS) is 15.8. The van der Waals surface area contributed by atoms with E-state index in [4.69, 9.17) is 4.98 Å². The molecule has 0 fully saturated rings. The third-order valence-electron chi connectivity index (χ3n) is 3.62. The highest BCUT2D eigenvalue weighted by Crippen LogP contribution is 2.22. The van der Waals surface area contributed by atoms with Crippen LogP contribution in [-0.2, 0) is 6.54 Å². The van der Waals surface area contributed by atoms with Gasteiger partial charge in [0.2, 0.25) is 0 Å². The van der Waals surface area contributed by atoms with Gasteiger partial charge in [-0.05, 0) is 44.0 Å². The highest BCUT2D eigenvalue weighted by molar-refractivity contribution is 5.45. The molecule has 1 aromatic rings. The topological polar surface area (TPSA) is 28.2 Å². The molecule has 0 spiro atoms. The molecule has 1 aliphatic heterocycles. The Morgan fingerprint density at radius 1 is 1.37 bits per heavy atom. The summed E-state index contributed by atoms with van der Waals surface area (Å²) in [7, 11) is 1.99. The lowest BCUT2D eigenvalue weighted by Gasteiger charge is -2.27. The van der Waals surface area contributed by atoms with E-state index in [-0.39, 0.29) is 0 Å². The van der Waals surface area contributed by atoms with Gasteiger partial charge in [-0.3, -0.25) is 0 Å². The van der Waals surface area contributed by atoms with Crippen LogP contribution in [0.3, 0.4) is 0 Å². The van der Waals surface area contributed by atoms with Gasteiger partial charge in [0, 0.05) is 25.3 Å². The number of nitrogens with one attached hydrogen (secondary N) is 1. The van der Waals surface area contributed by atoms with E-state index < -0.39 is 0 Å². The van der Waals surface area contributed by atoms with Crippen molar-refractivity contribution in [3.8, 4) is 0 Å². The van der Waals surface area contributed by atoms with Crippen molar-refractivity contribution in [2.45, 2.75) is 39.7 Å². The molecule has 0 saturated carbocycles. The lowest BCUT2D eigenvalue weighted by Crippen LogP contribution is -2.29. The Balaban J connectivity index is 2.28. The number of nitrogens with zero attached hydrogens (tertiary/aromatic N) is 2. The van der Waals surface area contributed by atoms with Crippen LogP contribution in [0.1, 0.15) is 44.4 Å². The van der Waals surface area contributed by atoms with Crippen molar-refractivity contribution in [3.05, 3.63) is 35.0 Å². The van der Waals surface area contributed by atoms with Crippen LogP contribution in [-0.4, -0.2) is 25.1 Å². The summed E-state index contributed by atoms with van der Waals surface area (Å²) < 4.78 is 0. The summed E-state index contributed by atoms with van der Waals surface area (Å²) >= 11 is 0. The molecule has 1 aromatic heterocycles. The zero-order valence-electron chi connectivity index (χ0n) is 12.5. The van der Waals surface area contributed by atoms with E-state index in [9.17, 15) is 0 Å². The maximum absolute atomic E-state index is 4.83. The van der Waals surface area contributed by atoms with Gasteiger partial charge < -0.3 is 10.2 Å². The first kappa shape index (κ1) is 14.1. The first-order valence-corrected chi connectivity index (χ1v) is 7.16. The van der Waals surface area contributed by atoms with Gasteiger partial charge in [0.1, 0.15) is 5.82 Å². The molecule has 0 bridgehead atoms. The van der Waals surface area contributed by atoms with E-state index in [0.29, 0.717) is 5.92 Å².